The quantitative estimate of drug-likeness (QED) is 0.142. The lowest BCUT2D eigenvalue weighted by atomic mass is 9.98. The molecular weight excluding hydrogens is 1660 g/mol. The summed E-state index contributed by atoms with van der Waals surface area (Å²) in [6.45, 7) is 0. The number of aromatic nitrogens is 6. The summed E-state index contributed by atoms with van der Waals surface area (Å²) < 4.78 is 19.9. The number of fused-ring (bicyclic) bond motifs is 26. The fraction of sp³-hybridized carbons (Fsp3) is 0. The number of para-hydroxylation sites is 8. The maximum absolute atomic E-state index is 5.26. The molecular formula is C123H76N6S3. The minimum absolute atomic E-state index is 0.933. The van der Waals surface area contributed by atoms with Crippen LogP contribution >= 0.6 is 34.0 Å². The average Bonchev–Trinajstić information content (AvgIpc) is 1.55. The van der Waals surface area contributed by atoms with Gasteiger partial charge in [-0.2, -0.15) is 0 Å². The minimum atomic E-state index is 0.933. The third-order valence-corrected chi connectivity index (χ3v) is 30.5. The Labute approximate surface area is 770 Å². The molecule has 0 fully saturated rings. The highest BCUT2D eigenvalue weighted by Gasteiger charge is 2.24. The molecule has 0 spiro atoms. The molecule has 9 aromatic heterocycles. The molecule has 0 atom stereocenters. The van der Waals surface area contributed by atoms with Crippen molar-refractivity contribution in [2.24, 2.45) is 0 Å². The first-order valence-electron chi connectivity index (χ1n) is 44.9. The summed E-state index contributed by atoms with van der Waals surface area (Å²) in [4.78, 5) is 5.26. The summed E-state index contributed by atoms with van der Waals surface area (Å²) in [6, 6.07) is 168. The number of rotatable bonds is 9. The van der Waals surface area contributed by atoms with Crippen molar-refractivity contribution in [3.8, 4) is 73.1 Å². The van der Waals surface area contributed by atoms with Crippen molar-refractivity contribution >= 4 is 214 Å². The number of nitrogens with zero attached hydrogens (tertiary/aromatic N) is 6. The Morgan fingerprint density at radius 1 is 0.159 bits per heavy atom. The highest BCUT2D eigenvalue weighted by atomic mass is 32.1. The second kappa shape index (κ2) is 30.6. The van der Waals surface area contributed by atoms with E-state index < -0.39 is 0 Å². The average molecular weight is 1730 g/mol. The molecule has 9 heteroatoms. The molecule has 29 rings (SSSR count). The molecule has 0 aliphatic carbocycles. The van der Waals surface area contributed by atoms with E-state index in [9.17, 15) is 0 Å². The second-order valence-electron chi connectivity index (χ2n) is 34.3. The van der Waals surface area contributed by atoms with Gasteiger partial charge in [-0.3, -0.25) is 4.57 Å². The van der Waals surface area contributed by atoms with Crippen LogP contribution < -0.4 is 0 Å². The van der Waals surface area contributed by atoms with Crippen molar-refractivity contribution in [2.75, 3.05) is 0 Å². The fourth-order valence-corrected chi connectivity index (χ4v) is 24.5. The van der Waals surface area contributed by atoms with Gasteiger partial charge >= 0.3 is 0 Å². The molecule has 0 radical (unpaired) electrons. The monoisotopic (exact) mass is 1730 g/mol. The van der Waals surface area contributed by atoms with Crippen LogP contribution in [0.1, 0.15) is 0 Å². The smallest absolute Gasteiger partial charge is 0.138 e. The molecule has 6 nitrogen and oxygen atoms in total. The van der Waals surface area contributed by atoms with E-state index in [-0.39, 0.29) is 0 Å². The van der Waals surface area contributed by atoms with Crippen LogP contribution in [0.3, 0.4) is 0 Å². The Kier molecular flexibility index (Phi) is 17.5. The van der Waals surface area contributed by atoms with Gasteiger partial charge in [0.2, 0.25) is 0 Å². The van der Waals surface area contributed by atoms with Crippen molar-refractivity contribution in [3.63, 3.8) is 0 Å². The number of benzene rings is 20. The first-order chi connectivity index (χ1) is 65.5. The Bertz CT molecular complexity index is 9730. The van der Waals surface area contributed by atoms with Gasteiger partial charge in [0.1, 0.15) is 5.82 Å². The minimum Gasteiger partial charge on any atom is -0.309 e. The number of thiophene rings is 3. The first-order valence-corrected chi connectivity index (χ1v) is 47.4. The van der Waals surface area contributed by atoms with Crippen molar-refractivity contribution < 1.29 is 0 Å². The summed E-state index contributed by atoms with van der Waals surface area (Å²) in [5.41, 5.74) is 27.6. The van der Waals surface area contributed by atoms with Gasteiger partial charge in [-0.15, -0.1) is 34.0 Å². The van der Waals surface area contributed by atoms with E-state index in [1.165, 1.54) is 237 Å². The fourth-order valence-electron chi connectivity index (χ4n) is 21.1. The van der Waals surface area contributed by atoms with Crippen LogP contribution in [0.15, 0.2) is 461 Å². The number of hydrogen-bond acceptors (Lipinski definition) is 4. The van der Waals surface area contributed by atoms with Gasteiger partial charge < -0.3 is 18.3 Å². The first kappa shape index (κ1) is 75.6. The van der Waals surface area contributed by atoms with Gasteiger partial charge in [-0.05, 0) is 214 Å². The lowest BCUT2D eigenvalue weighted by Gasteiger charge is -2.13. The lowest BCUT2D eigenvalue weighted by Crippen LogP contribution is -1.99. The van der Waals surface area contributed by atoms with Crippen LogP contribution in [0.5, 0.6) is 0 Å². The zero-order valence-electron chi connectivity index (χ0n) is 71.3. The van der Waals surface area contributed by atoms with E-state index >= 15 is 0 Å². The van der Waals surface area contributed by atoms with E-state index in [2.05, 4.69) is 484 Å². The molecule has 0 amide bonds. The predicted octanol–water partition coefficient (Wildman–Crippen LogP) is 34.9. The van der Waals surface area contributed by atoms with Gasteiger partial charge in [0.15, 0.2) is 0 Å². The molecule has 132 heavy (non-hydrogen) atoms. The zero-order valence-corrected chi connectivity index (χ0v) is 73.7. The Morgan fingerprint density at radius 2 is 0.485 bits per heavy atom. The highest BCUT2D eigenvalue weighted by Crippen LogP contribution is 2.48. The molecule has 0 N–H and O–H groups in total. The van der Waals surface area contributed by atoms with Crippen molar-refractivity contribution in [1.29, 1.82) is 0 Å². The highest BCUT2D eigenvalue weighted by molar-refractivity contribution is 7.27. The van der Waals surface area contributed by atoms with E-state index in [1.807, 2.05) is 34.0 Å². The summed E-state index contributed by atoms with van der Waals surface area (Å²) in [5.74, 6) is 0.933. The molecule has 29 aromatic rings. The third kappa shape index (κ3) is 12.2. The van der Waals surface area contributed by atoms with Gasteiger partial charge in [0, 0.05) is 143 Å². The molecule has 616 valence electrons. The molecule has 0 aliphatic rings. The summed E-state index contributed by atoms with van der Waals surface area (Å²) >= 11 is 5.62. The number of hydrogen-bond donors (Lipinski definition) is 0. The molecule has 0 unspecified atom stereocenters. The Hall–Kier alpha value is -16.5. The molecule has 0 aliphatic heterocycles. The van der Waals surface area contributed by atoms with Gasteiger partial charge in [-0.25, -0.2) is 4.98 Å². The van der Waals surface area contributed by atoms with Crippen LogP contribution in [0.2, 0.25) is 0 Å². The molecule has 0 bridgehead atoms. The van der Waals surface area contributed by atoms with E-state index in [1.54, 1.807) is 0 Å². The van der Waals surface area contributed by atoms with E-state index in [0.29, 0.717) is 0 Å². The topological polar surface area (TPSA) is 37.5 Å². The standard InChI is InChI=1S/2C42H26N2S.C39H24N2S/c1-2-10-29(11-3-1)43-37-15-7-4-12-31(37)35-24-27(18-22-39(35)43)28-19-23-40-36(25-28)32-13-5-8-16-38(32)44(40)30-20-21-34-33-14-6-9-17-41(33)45-42(34)26-30;1-2-10-29(11-3-1)43-37-15-7-4-12-31(37)34-24-27(18-21-39(34)43)28-19-22-40-35(25-28)32-13-5-8-16-38(32)44(40)30-20-23-42-36(26-30)33-14-6-9-17-41(33)45-42;1-2-10-25(11-3-1)26-18-20-27(21-19-26)32-24-37(40-33-15-7-4-12-28(32)33)41-34-16-8-5-14-31(34)38-35(41)23-22-30-29-13-6-9-17-36(29)42-39(30)38/h2*1-26H;1-24H. The van der Waals surface area contributed by atoms with Crippen LogP contribution in [-0.4, -0.2) is 27.8 Å². The normalized spacial score (nSPS) is 11.9. The number of pyridine rings is 1. The van der Waals surface area contributed by atoms with Crippen LogP contribution in [0.25, 0.3) is 254 Å². The molecule has 0 saturated heterocycles. The maximum Gasteiger partial charge on any atom is 0.138 e. The van der Waals surface area contributed by atoms with Crippen molar-refractivity contribution in [1.82, 2.24) is 27.8 Å². The van der Waals surface area contributed by atoms with Crippen molar-refractivity contribution in [2.45, 2.75) is 0 Å². The predicted molar refractivity (Wildman–Crippen MR) is 567 cm³/mol. The maximum atomic E-state index is 5.26. The summed E-state index contributed by atoms with van der Waals surface area (Å²) in [5, 5.41) is 21.8. The van der Waals surface area contributed by atoms with Crippen LogP contribution in [0.4, 0.5) is 0 Å². The Morgan fingerprint density at radius 3 is 0.992 bits per heavy atom. The van der Waals surface area contributed by atoms with Gasteiger partial charge in [0.25, 0.3) is 0 Å². The van der Waals surface area contributed by atoms with E-state index in [4.69, 9.17) is 4.98 Å². The van der Waals surface area contributed by atoms with Crippen LogP contribution in [-0.2, 0) is 0 Å². The second-order valence-corrected chi connectivity index (χ2v) is 37.6. The largest absolute Gasteiger partial charge is 0.309 e. The SMILES string of the molecule is c1ccc(-c2ccc(-c3cc(-n4c5ccccc5c5c6sc7ccccc7c6ccc54)nc4ccccc34)cc2)cc1.c1ccc(-n2c3ccccc3c3cc(-c4ccc5c(c4)c4ccccc4n5-c4ccc5c(c4)sc4ccccc45)ccc32)cc1.c1ccc(-n2c3ccccc3c3cc(-c4ccc5c(c4)c4ccccc4n5-c4ccc5sc6ccccc6c5c4)ccc32)cc1. The van der Waals surface area contributed by atoms with Gasteiger partial charge in [0.05, 0.1) is 60.7 Å². The van der Waals surface area contributed by atoms with Crippen molar-refractivity contribution in [3.05, 3.63) is 461 Å². The summed E-state index contributed by atoms with van der Waals surface area (Å²) in [6.07, 6.45) is 0. The zero-order chi connectivity index (χ0) is 86.6. The van der Waals surface area contributed by atoms with Crippen LogP contribution in [0, 0.1) is 0 Å². The lowest BCUT2D eigenvalue weighted by molar-refractivity contribution is 1.10. The summed E-state index contributed by atoms with van der Waals surface area (Å²) in [7, 11) is 0. The Balaban J connectivity index is 0.000000101. The molecule has 9 heterocycles. The third-order valence-electron chi connectivity index (χ3n) is 27.0. The molecule has 0 saturated carbocycles. The van der Waals surface area contributed by atoms with E-state index in [0.717, 1.165) is 16.7 Å². The van der Waals surface area contributed by atoms with Gasteiger partial charge in [-0.1, -0.05) is 291 Å². The molecule has 20 aromatic carbocycles.